The van der Waals surface area contributed by atoms with Crippen LogP contribution in [0.3, 0.4) is 0 Å². The molecule has 6 heteroatoms. The highest BCUT2D eigenvalue weighted by Gasteiger charge is 2.31. The average molecular weight is 271 g/mol. The van der Waals surface area contributed by atoms with Gasteiger partial charge in [-0.3, -0.25) is 9.59 Å². The molecule has 1 saturated heterocycles. The zero-order valence-corrected chi connectivity index (χ0v) is 10.5. The van der Waals surface area contributed by atoms with Gasteiger partial charge in [-0.05, 0) is 19.1 Å². The molecule has 1 heterocycles. The minimum absolute atomic E-state index is 0.102. The molecular weight excluding hydrogens is 259 g/mol. The Labute approximate surface area is 109 Å². The van der Waals surface area contributed by atoms with Crippen molar-refractivity contribution in [1.29, 1.82) is 0 Å². The van der Waals surface area contributed by atoms with Gasteiger partial charge in [-0.1, -0.05) is 17.7 Å². The van der Waals surface area contributed by atoms with Crippen molar-refractivity contribution in [1.82, 2.24) is 10.2 Å². The maximum Gasteiger partial charge on any atom is 0.257 e. The van der Waals surface area contributed by atoms with E-state index in [4.69, 9.17) is 11.6 Å². The zero-order chi connectivity index (χ0) is 13.3. The van der Waals surface area contributed by atoms with Gasteiger partial charge in [-0.15, -0.1) is 0 Å². The van der Waals surface area contributed by atoms with Crippen LogP contribution in [-0.2, 0) is 4.79 Å². The number of rotatable bonds is 1. The van der Waals surface area contributed by atoms with E-state index >= 15 is 0 Å². The number of hydrogen-bond donors (Lipinski definition) is 1. The Kier molecular flexibility index (Phi) is 3.52. The summed E-state index contributed by atoms with van der Waals surface area (Å²) in [7, 11) is 0. The van der Waals surface area contributed by atoms with E-state index in [9.17, 15) is 14.0 Å². The Balaban J connectivity index is 2.31. The number of piperazine rings is 1. The van der Waals surface area contributed by atoms with Gasteiger partial charge < -0.3 is 10.2 Å². The van der Waals surface area contributed by atoms with E-state index in [0.29, 0.717) is 13.1 Å². The summed E-state index contributed by atoms with van der Waals surface area (Å²) >= 11 is 5.64. The van der Waals surface area contributed by atoms with E-state index in [-0.39, 0.29) is 16.5 Å². The summed E-state index contributed by atoms with van der Waals surface area (Å²) in [5.41, 5.74) is -0.107. The number of amides is 2. The van der Waals surface area contributed by atoms with E-state index in [2.05, 4.69) is 5.32 Å². The van der Waals surface area contributed by atoms with Crippen LogP contribution in [0.1, 0.15) is 17.3 Å². The van der Waals surface area contributed by atoms with E-state index < -0.39 is 17.8 Å². The molecule has 0 bridgehead atoms. The SMILES string of the molecule is CC1C(=O)NCCN1C(=O)c1cccc(Cl)c1F. The highest BCUT2D eigenvalue weighted by Crippen LogP contribution is 2.20. The molecule has 0 aliphatic carbocycles. The maximum atomic E-state index is 13.8. The van der Waals surface area contributed by atoms with Gasteiger partial charge in [0.25, 0.3) is 5.91 Å². The summed E-state index contributed by atoms with van der Waals surface area (Å²) in [6, 6.07) is 3.64. The summed E-state index contributed by atoms with van der Waals surface area (Å²) in [5, 5.41) is 2.54. The lowest BCUT2D eigenvalue weighted by atomic mass is 10.1. The number of nitrogens with zero attached hydrogens (tertiary/aromatic N) is 1. The fraction of sp³-hybridized carbons (Fsp3) is 0.333. The van der Waals surface area contributed by atoms with Crippen LogP contribution in [0.5, 0.6) is 0 Å². The van der Waals surface area contributed by atoms with E-state index in [1.54, 1.807) is 6.92 Å². The van der Waals surface area contributed by atoms with Crippen molar-refractivity contribution in [2.24, 2.45) is 0 Å². The zero-order valence-electron chi connectivity index (χ0n) is 9.74. The van der Waals surface area contributed by atoms with Crippen LogP contribution in [-0.4, -0.2) is 35.8 Å². The maximum absolute atomic E-state index is 13.8. The molecule has 0 aromatic heterocycles. The largest absolute Gasteiger partial charge is 0.353 e. The summed E-state index contributed by atoms with van der Waals surface area (Å²) in [6.45, 7) is 2.34. The van der Waals surface area contributed by atoms with Crippen LogP contribution >= 0.6 is 11.6 Å². The molecule has 1 aromatic carbocycles. The van der Waals surface area contributed by atoms with Gasteiger partial charge in [0.05, 0.1) is 10.6 Å². The average Bonchev–Trinajstić information content (AvgIpc) is 2.35. The normalized spacial score (nSPS) is 19.6. The minimum Gasteiger partial charge on any atom is -0.353 e. The van der Waals surface area contributed by atoms with E-state index in [1.807, 2.05) is 0 Å². The second-order valence-electron chi connectivity index (χ2n) is 4.07. The Bertz CT molecular complexity index is 507. The van der Waals surface area contributed by atoms with Crippen LogP contribution in [0, 0.1) is 5.82 Å². The van der Waals surface area contributed by atoms with E-state index in [0.717, 1.165) is 0 Å². The van der Waals surface area contributed by atoms with Crippen molar-refractivity contribution < 1.29 is 14.0 Å². The highest BCUT2D eigenvalue weighted by atomic mass is 35.5. The lowest BCUT2D eigenvalue weighted by Gasteiger charge is -2.32. The number of nitrogens with one attached hydrogen (secondary N) is 1. The van der Waals surface area contributed by atoms with Gasteiger partial charge in [-0.25, -0.2) is 4.39 Å². The topological polar surface area (TPSA) is 49.4 Å². The van der Waals surface area contributed by atoms with Crippen LogP contribution in [0.25, 0.3) is 0 Å². The Morgan fingerprint density at radius 2 is 2.28 bits per heavy atom. The smallest absolute Gasteiger partial charge is 0.257 e. The predicted octanol–water partition coefficient (Wildman–Crippen LogP) is 1.44. The summed E-state index contributed by atoms with van der Waals surface area (Å²) in [6.07, 6.45) is 0. The van der Waals surface area contributed by atoms with Gasteiger partial charge in [0.15, 0.2) is 5.82 Å². The first-order valence-corrected chi connectivity index (χ1v) is 5.93. The molecule has 1 atom stereocenters. The number of carbonyl (C=O) groups excluding carboxylic acids is 2. The monoisotopic (exact) mass is 270 g/mol. The third-order valence-corrected chi connectivity index (χ3v) is 3.23. The van der Waals surface area contributed by atoms with E-state index in [1.165, 1.54) is 23.1 Å². The van der Waals surface area contributed by atoms with Gasteiger partial charge in [-0.2, -0.15) is 0 Å². The number of carbonyl (C=O) groups is 2. The van der Waals surface area contributed by atoms with Crippen molar-refractivity contribution >= 4 is 23.4 Å². The Morgan fingerprint density at radius 3 is 3.00 bits per heavy atom. The summed E-state index contributed by atoms with van der Waals surface area (Å²) < 4.78 is 13.8. The standard InChI is InChI=1S/C12H12ClFN2O2/c1-7-11(17)15-5-6-16(7)12(18)8-3-2-4-9(13)10(8)14/h2-4,7H,5-6H2,1H3,(H,15,17). The van der Waals surface area contributed by atoms with Crippen LogP contribution < -0.4 is 5.32 Å². The minimum atomic E-state index is -0.748. The first-order valence-electron chi connectivity index (χ1n) is 5.55. The van der Waals surface area contributed by atoms with Crippen molar-refractivity contribution in [3.05, 3.63) is 34.6 Å². The lowest BCUT2D eigenvalue weighted by molar-refractivity contribution is -0.127. The second kappa shape index (κ2) is 4.94. The molecule has 0 saturated carbocycles. The molecule has 1 N–H and O–H groups in total. The first kappa shape index (κ1) is 12.8. The molecule has 2 amide bonds. The van der Waals surface area contributed by atoms with Crippen molar-refractivity contribution in [3.8, 4) is 0 Å². The highest BCUT2D eigenvalue weighted by molar-refractivity contribution is 6.31. The van der Waals surface area contributed by atoms with Gasteiger partial charge in [0.1, 0.15) is 6.04 Å². The van der Waals surface area contributed by atoms with Gasteiger partial charge in [0.2, 0.25) is 5.91 Å². The summed E-state index contributed by atoms with van der Waals surface area (Å²) in [4.78, 5) is 25.0. The molecule has 1 aromatic rings. The predicted molar refractivity (Wildman–Crippen MR) is 64.9 cm³/mol. The molecule has 1 fully saturated rings. The molecule has 0 spiro atoms. The van der Waals surface area contributed by atoms with Crippen molar-refractivity contribution in [2.75, 3.05) is 13.1 Å². The molecule has 96 valence electrons. The molecule has 1 aliphatic rings. The second-order valence-corrected chi connectivity index (χ2v) is 4.47. The number of halogens is 2. The van der Waals surface area contributed by atoms with Crippen molar-refractivity contribution in [2.45, 2.75) is 13.0 Å². The van der Waals surface area contributed by atoms with Gasteiger partial charge >= 0.3 is 0 Å². The Morgan fingerprint density at radius 1 is 1.56 bits per heavy atom. The van der Waals surface area contributed by atoms with Crippen LogP contribution in [0.15, 0.2) is 18.2 Å². The third kappa shape index (κ3) is 2.18. The molecule has 2 rings (SSSR count). The number of hydrogen-bond acceptors (Lipinski definition) is 2. The molecular formula is C12H12ClFN2O2. The molecule has 1 aliphatic heterocycles. The Hall–Kier alpha value is -1.62. The summed E-state index contributed by atoms with van der Waals surface area (Å²) in [5.74, 6) is -1.50. The number of benzene rings is 1. The van der Waals surface area contributed by atoms with Crippen LogP contribution in [0.2, 0.25) is 5.02 Å². The molecule has 0 radical (unpaired) electrons. The van der Waals surface area contributed by atoms with Crippen molar-refractivity contribution in [3.63, 3.8) is 0 Å². The lowest BCUT2D eigenvalue weighted by Crippen LogP contribution is -2.55. The first-order chi connectivity index (χ1) is 8.52. The fourth-order valence-corrected chi connectivity index (χ4v) is 2.06. The van der Waals surface area contributed by atoms with Crippen LogP contribution in [0.4, 0.5) is 4.39 Å². The molecule has 1 unspecified atom stereocenters. The molecule has 4 nitrogen and oxygen atoms in total. The fourth-order valence-electron chi connectivity index (χ4n) is 1.88. The molecule has 18 heavy (non-hydrogen) atoms. The quantitative estimate of drug-likeness (QED) is 0.839. The van der Waals surface area contributed by atoms with Gasteiger partial charge in [0, 0.05) is 13.1 Å². The third-order valence-electron chi connectivity index (χ3n) is 2.94.